The second-order valence-electron chi connectivity index (χ2n) is 10.8. The van der Waals surface area contributed by atoms with Crippen molar-refractivity contribution in [1.29, 1.82) is 0 Å². The Morgan fingerprint density at radius 1 is 0.952 bits per heavy atom. The number of carbonyl (C=O) groups is 3. The molecule has 222 valence electrons. The minimum absolute atomic E-state index is 0.0988. The molecule has 0 radical (unpaired) electrons. The number of anilines is 1. The SMILES string of the molecule is CCOC(=O)c1ccc(NC(=O)N[C@@H](Cc2ccc(O)cc2)C(=O)N[C@H]2CC[N@+](C)(Cc3ccc(O)c(O)c3)C2)cc1. The maximum Gasteiger partial charge on any atom is 0.338 e. The first-order valence-electron chi connectivity index (χ1n) is 13.8. The van der Waals surface area contributed by atoms with E-state index in [1.165, 1.54) is 18.2 Å². The number of urea groups is 1. The van der Waals surface area contributed by atoms with Crippen LogP contribution < -0.4 is 16.0 Å². The predicted octanol–water partition coefficient (Wildman–Crippen LogP) is 3.25. The van der Waals surface area contributed by atoms with Crippen LogP contribution in [-0.4, -0.2) is 76.5 Å². The highest BCUT2D eigenvalue weighted by Crippen LogP contribution is 2.28. The normalized spacial score (nSPS) is 18.6. The minimum atomic E-state index is -0.901. The molecule has 1 aliphatic rings. The Hall–Kier alpha value is -4.77. The number of phenols is 3. The zero-order valence-corrected chi connectivity index (χ0v) is 23.7. The number of likely N-dealkylation sites (N-methyl/N-ethyl adjacent to an activating group) is 1. The Morgan fingerprint density at radius 3 is 2.31 bits per heavy atom. The average molecular weight is 578 g/mol. The second kappa shape index (κ2) is 13.3. The number of ether oxygens (including phenoxy) is 1. The Balaban J connectivity index is 1.40. The highest BCUT2D eigenvalue weighted by molar-refractivity contribution is 5.95. The van der Waals surface area contributed by atoms with E-state index in [2.05, 4.69) is 23.0 Å². The summed E-state index contributed by atoms with van der Waals surface area (Å²) in [7, 11) is 2.07. The van der Waals surface area contributed by atoms with Crippen LogP contribution >= 0.6 is 0 Å². The summed E-state index contributed by atoms with van der Waals surface area (Å²) in [5.41, 5.74) is 2.43. The number of aromatic hydroxyl groups is 3. The molecule has 0 bridgehead atoms. The largest absolute Gasteiger partial charge is 0.508 e. The fourth-order valence-corrected chi connectivity index (χ4v) is 5.16. The molecule has 3 aromatic carbocycles. The number of amides is 3. The molecule has 1 saturated heterocycles. The molecule has 11 nitrogen and oxygen atoms in total. The molecular formula is C31H37N4O7+. The summed E-state index contributed by atoms with van der Waals surface area (Å²) in [4.78, 5) is 38.3. The molecule has 4 rings (SSSR count). The summed E-state index contributed by atoms with van der Waals surface area (Å²) in [5.74, 6) is -1.03. The van der Waals surface area contributed by atoms with E-state index < -0.39 is 18.0 Å². The van der Waals surface area contributed by atoms with E-state index in [1.54, 1.807) is 55.5 Å². The molecule has 0 aliphatic carbocycles. The average Bonchev–Trinajstić information content (AvgIpc) is 3.31. The van der Waals surface area contributed by atoms with Crippen LogP contribution in [0, 0.1) is 0 Å². The van der Waals surface area contributed by atoms with Crippen molar-refractivity contribution in [1.82, 2.24) is 10.6 Å². The van der Waals surface area contributed by atoms with E-state index >= 15 is 0 Å². The van der Waals surface area contributed by atoms with Gasteiger partial charge in [0.1, 0.15) is 18.3 Å². The summed E-state index contributed by atoms with van der Waals surface area (Å²) in [6, 6.07) is 15.8. The van der Waals surface area contributed by atoms with Crippen LogP contribution in [0.15, 0.2) is 66.7 Å². The monoisotopic (exact) mass is 577 g/mol. The Bertz CT molecular complexity index is 1410. The molecule has 6 N–H and O–H groups in total. The van der Waals surface area contributed by atoms with Gasteiger partial charge in [0.05, 0.1) is 38.3 Å². The molecule has 0 spiro atoms. The van der Waals surface area contributed by atoms with E-state index in [-0.39, 0.29) is 42.2 Å². The van der Waals surface area contributed by atoms with Gasteiger partial charge in [0.25, 0.3) is 0 Å². The zero-order valence-electron chi connectivity index (χ0n) is 23.7. The number of nitrogens with zero attached hydrogens (tertiary/aromatic N) is 1. The number of phenolic OH excluding ortho intramolecular Hbond substituents is 3. The van der Waals surface area contributed by atoms with E-state index in [9.17, 15) is 29.7 Å². The van der Waals surface area contributed by atoms with Crippen molar-refractivity contribution in [3.8, 4) is 17.2 Å². The van der Waals surface area contributed by atoms with Crippen molar-refractivity contribution >= 4 is 23.6 Å². The van der Waals surface area contributed by atoms with E-state index in [0.717, 1.165) is 24.1 Å². The van der Waals surface area contributed by atoms with Crippen LogP contribution in [0.1, 0.15) is 34.8 Å². The molecule has 0 unspecified atom stereocenters. The lowest BCUT2D eigenvalue weighted by molar-refractivity contribution is -0.911. The summed E-state index contributed by atoms with van der Waals surface area (Å²) < 4.78 is 5.61. The first-order valence-corrected chi connectivity index (χ1v) is 13.8. The molecule has 11 heteroatoms. The van der Waals surface area contributed by atoms with Gasteiger partial charge in [-0.15, -0.1) is 0 Å². The number of benzene rings is 3. The molecule has 1 heterocycles. The van der Waals surface area contributed by atoms with Gasteiger partial charge in [-0.05, 0) is 67.1 Å². The van der Waals surface area contributed by atoms with Gasteiger partial charge in [-0.3, -0.25) is 4.79 Å². The van der Waals surface area contributed by atoms with Gasteiger partial charge >= 0.3 is 12.0 Å². The number of hydrogen-bond acceptors (Lipinski definition) is 7. The number of hydrogen-bond donors (Lipinski definition) is 6. The number of esters is 1. The van der Waals surface area contributed by atoms with Crippen molar-refractivity contribution in [2.75, 3.05) is 32.1 Å². The molecule has 1 aliphatic heterocycles. The third-order valence-corrected chi connectivity index (χ3v) is 7.28. The summed E-state index contributed by atoms with van der Waals surface area (Å²) in [6.07, 6.45) is 0.935. The van der Waals surface area contributed by atoms with Crippen molar-refractivity contribution < 1.29 is 38.9 Å². The zero-order chi connectivity index (χ0) is 30.3. The predicted molar refractivity (Wildman–Crippen MR) is 156 cm³/mol. The number of rotatable bonds is 10. The smallest absolute Gasteiger partial charge is 0.338 e. The van der Waals surface area contributed by atoms with Gasteiger partial charge in [0.15, 0.2) is 11.5 Å². The van der Waals surface area contributed by atoms with Gasteiger partial charge < -0.3 is 40.5 Å². The molecule has 0 aromatic heterocycles. The summed E-state index contributed by atoms with van der Waals surface area (Å²) in [6.45, 7) is 4.04. The van der Waals surface area contributed by atoms with Crippen molar-refractivity contribution in [3.63, 3.8) is 0 Å². The number of quaternary nitrogens is 1. The van der Waals surface area contributed by atoms with E-state index in [0.29, 0.717) is 28.8 Å². The standard InChI is InChI=1S/C31H36N4O7/c1-3-42-30(40)22-7-9-23(10-8-22)33-31(41)34-26(16-20-4-11-25(36)12-5-20)29(39)32-24-14-15-35(2,19-24)18-21-6-13-27(37)28(38)17-21/h4-13,17,24,26H,3,14-16,18-19H2,1-2H3,(H5-,32,33,34,36,37,38,39,40,41)/p+1/t24-,26-,35+/m0/s1. The van der Waals surface area contributed by atoms with Crippen LogP contribution in [0.5, 0.6) is 17.2 Å². The van der Waals surface area contributed by atoms with Crippen LogP contribution in [-0.2, 0) is 22.5 Å². The fourth-order valence-electron chi connectivity index (χ4n) is 5.16. The van der Waals surface area contributed by atoms with Gasteiger partial charge in [-0.2, -0.15) is 0 Å². The Kier molecular flexibility index (Phi) is 9.53. The van der Waals surface area contributed by atoms with E-state index in [4.69, 9.17) is 4.74 Å². The topological polar surface area (TPSA) is 157 Å². The van der Waals surface area contributed by atoms with Crippen LogP contribution in [0.4, 0.5) is 10.5 Å². The maximum absolute atomic E-state index is 13.5. The molecule has 3 atom stereocenters. The number of likely N-dealkylation sites (tertiary alicyclic amines) is 1. The highest BCUT2D eigenvalue weighted by Gasteiger charge is 2.36. The minimum Gasteiger partial charge on any atom is -0.508 e. The molecule has 3 amide bonds. The quantitative estimate of drug-likeness (QED) is 0.123. The molecule has 42 heavy (non-hydrogen) atoms. The summed E-state index contributed by atoms with van der Waals surface area (Å²) in [5, 5.41) is 37.7. The van der Waals surface area contributed by atoms with Crippen LogP contribution in [0.2, 0.25) is 0 Å². The number of carbonyl (C=O) groups excluding carboxylic acids is 3. The maximum atomic E-state index is 13.5. The van der Waals surface area contributed by atoms with Crippen molar-refractivity contribution in [2.24, 2.45) is 0 Å². The lowest BCUT2D eigenvalue weighted by Gasteiger charge is -2.30. The first kappa shape index (κ1) is 30.2. The lowest BCUT2D eigenvalue weighted by Crippen LogP contribution is -2.53. The lowest BCUT2D eigenvalue weighted by atomic mass is 10.0. The number of nitrogens with one attached hydrogen (secondary N) is 3. The molecular weight excluding hydrogens is 540 g/mol. The Morgan fingerprint density at radius 2 is 1.64 bits per heavy atom. The summed E-state index contributed by atoms with van der Waals surface area (Å²) >= 11 is 0. The van der Waals surface area contributed by atoms with Crippen molar-refractivity contribution in [2.45, 2.75) is 38.4 Å². The highest BCUT2D eigenvalue weighted by atomic mass is 16.5. The molecule has 1 fully saturated rings. The van der Waals surface area contributed by atoms with Crippen LogP contribution in [0.25, 0.3) is 0 Å². The van der Waals surface area contributed by atoms with Gasteiger partial charge in [-0.25, -0.2) is 9.59 Å². The third-order valence-electron chi connectivity index (χ3n) is 7.28. The second-order valence-corrected chi connectivity index (χ2v) is 10.8. The van der Waals surface area contributed by atoms with E-state index in [1.807, 2.05) is 0 Å². The van der Waals surface area contributed by atoms with Gasteiger partial charge in [0.2, 0.25) is 5.91 Å². The molecule has 0 saturated carbocycles. The van der Waals surface area contributed by atoms with Crippen LogP contribution in [0.3, 0.4) is 0 Å². The molecule has 3 aromatic rings. The fraction of sp³-hybridized carbons (Fsp3) is 0.323. The van der Waals surface area contributed by atoms with Crippen molar-refractivity contribution in [3.05, 3.63) is 83.4 Å². The third kappa shape index (κ3) is 8.14. The first-order chi connectivity index (χ1) is 20.0. The Labute approximate surface area is 244 Å². The van der Waals surface area contributed by atoms with Gasteiger partial charge in [-0.1, -0.05) is 12.1 Å². The van der Waals surface area contributed by atoms with Gasteiger partial charge in [0, 0.05) is 24.1 Å².